The lowest BCUT2D eigenvalue weighted by Crippen LogP contribution is -2.36. The van der Waals surface area contributed by atoms with Gasteiger partial charge >= 0.3 is 0 Å². The second-order valence-electron chi connectivity index (χ2n) is 7.83. The summed E-state index contributed by atoms with van der Waals surface area (Å²) in [5.41, 5.74) is 4.79. The van der Waals surface area contributed by atoms with Crippen LogP contribution >= 0.6 is 0 Å². The Morgan fingerprint density at radius 2 is 1.56 bits per heavy atom. The molecule has 0 unspecified atom stereocenters. The summed E-state index contributed by atoms with van der Waals surface area (Å²) in [7, 11) is 0. The third kappa shape index (κ3) is 5.59. The van der Waals surface area contributed by atoms with Crippen molar-refractivity contribution in [2.45, 2.75) is 12.8 Å². The van der Waals surface area contributed by atoms with Crippen LogP contribution in [-0.2, 0) is 4.74 Å². The summed E-state index contributed by atoms with van der Waals surface area (Å²) >= 11 is 0. The molecule has 2 aromatic carbocycles. The van der Waals surface area contributed by atoms with Gasteiger partial charge in [-0.2, -0.15) is 10.2 Å². The lowest BCUT2D eigenvalue weighted by atomic mass is 10.1. The maximum absolute atomic E-state index is 11.1. The van der Waals surface area contributed by atoms with Gasteiger partial charge in [-0.15, -0.1) is 0 Å². The first kappa shape index (κ1) is 23.0. The van der Waals surface area contributed by atoms with Gasteiger partial charge in [0.15, 0.2) is 0 Å². The molecule has 0 N–H and O–H groups in total. The minimum Gasteiger partial charge on any atom is -0.378 e. The van der Waals surface area contributed by atoms with Crippen molar-refractivity contribution in [2.24, 2.45) is 10.2 Å². The Balaban J connectivity index is 1.58. The number of benzene rings is 2. The molecule has 10 heteroatoms. The van der Waals surface area contributed by atoms with Crippen LogP contribution in [0.2, 0.25) is 0 Å². The van der Waals surface area contributed by atoms with Crippen molar-refractivity contribution in [3.63, 3.8) is 0 Å². The fourth-order valence-electron chi connectivity index (χ4n) is 3.99. The van der Waals surface area contributed by atoms with Gasteiger partial charge in [-0.3, -0.25) is 20.2 Å². The molecule has 0 saturated carbocycles. The maximum Gasteiger partial charge on any atom is 0.270 e. The van der Waals surface area contributed by atoms with E-state index in [4.69, 9.17) is 4.74 Å². The Kier molecular flexibility index (Phi) is 7.19. The summed E-state index contributed by atoms with van der Waals surface area (Å²) < 4.78 is 5.50. The lowest BCUT2D eigenvalue weighted by molar-refractivity contribution is -0.385. The zero-order valence-electron chi connectivity index (χ0n) is 18.4. The predicted octanol–water partition coefficient (Wildman–Crippen LogP) is 4.37. The van der Waals surface area contributed by atoms with Crippen molar-refractivity contribution >= 4 is 29.9 Å². The van der Waals surface area contributed by atoms with Gasteiger partial charge in [-0.1, -0.05) is 12.1 Å². The van der Waals surface area contributed by atoms with Crippen molar-refractivity contribution in [2.75, 3.05) is 26.3 Å². The van der Waals surface area contributed by atoms with Crippen LogP contribution in [0, 0.1) is 20.2 Å². The quantitative estimate of drug-likeness (QED) is 0.343. The molecule has 1 saturated heterocycles. The molecular formula is C24H23N5O5. The molecule has 0 atom stereocenters. The van der Waals surface area contributed by atoms with Gasteiger partial charge in [0.1, 0.15) is 0 Å². The Bertz CT molecular complexity index is 1190. The molecule has 0 aromatic heterocycles. The van der Waals surface area contributed by atoms with Gasteiger partial charge in [-0.25, -0.2) is 0 Å². The van der Waals surface area contributed by atoms with E-state index in [0.29, 0.717) is 18.8 Å². The zero-order chi connectivity index (χ0) is 23.9. The Morgan fingerprint density at radius 1 is 0.853 bits per heavy atom. The number of allylic oxidation sites excluding steroid dienone is 2. The fraction of sp³-hybridized carbons (Fsp3) is 0.250. The van der Waals surface area contributed by atoms with E-state index in [1.165, 1.54) is 18.2 Å². The van der Waals surface area contributed by atoms with Crippen LogP contribution in [0.1, 0.15) is 24.0 Å². The largest absolute Gasteiger partial charge is 0.378 e. The van der Waals surface area contributed by atoms with Crippen molar-refractivity contribution < 1.29 is 14.6 Å². The van der Waals surface area contributed by atoms with Crippen LogP contribution in [0.4, 0.5) is 11.4 Å². The third-order valence-electron chi connectivity index (χ3n) is 5.61. The number of non-ortho nitro benzene ring substituents is 2. The first-order valence-corrected chi connectivity index (χ1v) is 10.8. The van der Waals surface area contributed by atoms with Gasteiger partial charge < -0.3 is 9.64 Å². The molecule has 2 aromatic rings. The number of morpholine rings is 1. The molecule has 1 heterocycles. The molecule has 4 rings (SSSR count). The summed E-state index contributed by atoms with van der Waals surface area (Å²) in [5, 5.41) is 30.2. The predicted molar refractivity (Wildman–Crippen MR) is 129 cm³/mol. The van der Waals surface area contributed by atoms with E-state index >= 15 is 0 Å². The van der Waals surface area contributed by atoms with Gasteiger partial charge in [0, 0.05) is 43.1 Å². The fourth-order valence-corrected chi connectivity index (χ4v) is 3.99. The van der Waals surface area contributed by atoms with E-state index in [1.54, 1.807) is 36.7 Å². The van der Waals surface area contributed by atoms with Crippen molar-refractivity contribution in [3.05, 3.63) is 96.7 Å². The summed E-state index contributed by atoms with van der Waals surface area (Å²) in [6, 6.07) is 12.7. The standard InChI is InChI=1S/C24H23N5O5/c30-28(31)22-8-4-18(5-9-22)16-25-26-17-21-7-6-20(24(21)27-10-12-34-13-11-27)14-19-2-1-3-23(15-19)29(32)33/h1-5,8-9,14-17H,6-7,10-13H2/b20-14+,25-16+,26-17+. The molecule has 34 heavy (non-hydrogen) atoms. The summed E-state index contributed by atoms with van der Waals surface area (Å²) in [6.07, 6.45) is 6.86. The normalized spacial score (nSPS) is 17.9. The molecule has 0 spiro atoms. The maximum atomic E-state index is 11.1. The Hall–Kier alpha value is -4.18. The van der Waals surface area contributed by atoms with Crippen LogP contribution in [-0.4, -0.2) is 53.5 Å². The number of hydrogen-bond acceptors (Lipinski definition) is 8. The Labute approximate surface area is 195 Å². The highest BCUT2D eigenvalue weighted by atomic mass is 16.6. The first-order valence-electron chi connectivity index (χ1n) is 10.8. The summed E-state index contributed by atoms with van der Waals surface area (Å²) in [6.45, 7) is 2.78. The number of nitro groups is 2. The van der Waals surface area contributed by atoms with E-state index in [1.807, 2.05) is 12.1 Å². The first-order chi connectivity index (χ1) is 16.5. The average Bonchev–Trinajstić information content (AvgIpc) is 3.25. The molecular weight excluding hydrogens is 438 g/mol. The molecule has 1 aliphatic carbocycles. The van der Waals surface area contributed by atoms with Gasteiger partial charge in [0.25, 0.3) is 11.4 Å². The molecule has 0 amide bonds. The number of nitrogens with zero attached hydrogens (tertiary/aromatic N) is 5. The van der Waals surface area contributed by atoms with E-state index < -0.39 is 9.85 Å². The van der Waals surface area contributed by atoms with Gasteiger partial charge in [0.05, 0.1) is 35.5 Å². The second-order valence-corrected chi connectivity index (χ2v) is 7.83. The highest BCUT2D eigenvalue weighted by Crippen LogP contribution is 2.35. The average molecular weight is 461 g/mol. The highest BCUT2D eigenvalue weighted by Gasteiger charge is 2.25. The molecule has 0 bridgehead atoms. The Morgan fingerprint density at radius 3 is 2.26 bits per heavy atom. The number of hydrogen-bond donors (Lipinski definition) is 0. The topological polar surface area (TPSA) is 123 Å². The van der Waals surface area contributed by atoms with Crippen LogP contribution in [0.15, 0.2) is 75.6 Å². The van der Waals surface area contributed by atoms with Crippen LogP contribution in [0.3, 0.4) is 0 Å². The zero-order valence-corrected chi connectivity index (χ0v) is 18.4. The van der Waals surface area contributed by atoms with Gasteiger partial charge in [-0.05, 0) is 53.3 Å². The van der Waals surface area contributed by atoms with Crippen molar-refractivity contribution in [3.8, 4) is 0 Å². The number of ether oxygens (including phenoxy) is 1. The van der Waals surface area contributed by atoms with Crippen LogP contribution in [0.5, 0.6) is 0 Å². The van der Waals surface area contributed by atoms with Crippen LogP contribution in [0.25, 0.3) is 6.08 Å². The smallest absolute Gasteiger partial charge is 0.270 e. The van der Waals surface area contributed by atoms with Crippen molar-refractivity contribution in [1.82, 2.24) is 4.90 Å². The SMILES string of the molecule is O=[N+]([O-])c1ccc(/C=N/N=C/C2=C(N3CCOCC3)C(=C/c3cccc([N+](=O)[O-])c3)/CC2)cc1. The summed E-state index contributed by atoms with van der Waals surface area (Å²) in [4.78, 5) is 23.3. The van der Waals surface area contributed by atoms with E-state index in [9.17, 15) is 20.2 Å². The minimum absolute atomic E-state index is 0.0231. The molecule has 10 nitrogen and oxygen atoms in total. The monoisotopic (exact) mass is 461 g/mol. The number of nitro benzene ring substituents is 2. The van der Waals surface area contributed by atoms with E-state index in [0.717, 1.165) is 48.3 Å². The molecule has 0 radical (unpaired) electrons. The third-order valence-corrected chi connectivity index (χ3v) is 5.61. The van der Waals surface area contributed by atoms with E-state index in [-0.39, 0.29) is 11.4 Å². The second kappa shape index (κ2) is 10.6. The van der Waals surface area contributed by atoms with Gasteiger partial charge in [0.2, 0.25) is 0 Å². The molecule has 1 aliphatic heterocycles. The van der Waals surface area contributed by atoms with E-state index in [2.05, 4.69) is 15.1 Å². The number of rotatable bonds is 7. The van der Waals surface area contributed by atoms with Crippen molar-refractivity contribution in [1.29, 1.82) is 0 Å². The highest BCUT2D eigenvalue weighted by molar-refractivity contribution is 5.85. The summed E-state index contributed by atoms with van der Waals surface area (Å²) in [5.74, 6) is 0. The van der Waals surface area contributed by atoms with Crippen LogP contribution < -0.4 is 0 Å². The minimum atomic E-state index is -0.447. The molecule has 1 fully saturated rings. The molecule has 174 valence electrons. The molecule has 2 aliphatic rings. The lowest BCUT2D eigenvalue weighted by Gasteiger charge is -2.31.